The lowest BCUT2D eigenvalue weighted by molar-refractivity contribution is -0.0964. The number of sulfonamides is 1. The molecule has 3 fully saturated rings. The van der Waals surface area contributed by atoms with E-state index in [0.717, 1.165) is 114 Å². The summed E-state index contributed by atoms with van der Waals surface area (Å²) in [5, 5.41) is -0.0290. The Kier molecular flexibility index (Phi) is 10.9. The van der Waals surface area contributed by atoms with E-state index in [0.29, 0.717) is 30.6 Å². The second-order valence-corrected chi connectivity index (χ2v) is 19.5. The van der Waals surface area contributed by atoms with E-state index in [9.17, 15) is 13.2 Å². The molecule has 1 spiro atoms. The van der Waals surface area contributed by atoms with Crippen LogP contribution in [0, 0.1) is 17.8 Å². The summed E-state index contributed by atoms with van der Waals surface area (Å²) in [6.07, 6.45) is 11.2. The molecule has 54 heavy (non-hydrogen) atoms. The van der Waals surface area contributed by atoms with E-state index >= 15 is 0 Å². The van der Waals surface area contributed by atoms with Crippen molar-refractivity contribution >= 4 is 33.2 Å². The van der Waals surface area contributed by atoms with Crippen LogP contribution in [0.5, 0.6) is 5.75 Å². The lowest BCUT2D eigenvalue weighted by atomic mass is 9.63. The van der Waals surface area contributed by atoms with E-state index in [2.05, 4.69) is 43.7 Å². The molecule has 2 aliphatic carbocycles. The normalized spacial score (nSPS) is 35.2. The molecule has 1 saturated carbocycles. The largest absolute Gasteiger partial charge is 0.490 e. The number of fused-ring (bicyclic) bond motifs is 4. The SMILES string of the molecule is CO[C@@]1(CN2CCN([C@@H]3CCOC3)CC2)/C=C/C[C@H](C)[C@@H](C)S(=O)(=O)NC(=O)c2ccc3c(c2)N(C[C@@H]2CC[C@H]21)C[C@@]1(CCCc2cc(Cl)ccc21)CO3. The molecule has 1 amide bonds. The van der Waals surface area contributed by atoms with Crippen molar-refractivity contribution in [3.05, 3.63) is 70.3 Å². The highest BCUT2D eigenvalue weighted by Crippen LogP contribution is 2.49. The number of rotatable bonds is 4. The average molecular weight is 781 g/mol. The summed E-state index contributed by atoms with van der Waals surface area (Å²) in [5.41, 5.74) is 2.90. The molecule has 1 N–H and O–H groups in total. The highest BCUT2D eigenvalue weighted by atomic mass is 35.5. The fraction of sp³-hybridized carbons (Fsp3) is 0.643. The fourth-order valence-corrected chi connectivity index (χ4v) is 11.7. The third-order valence-electron chi connectivity index (χ3n) is 13.9. The van der Waals surface area contributed by atoms with Crippen LogP contribution < -0.4 is 14.4 Å². The summed E-state index contributed by atoms with van der Waals surface area (Å²) in [6.45, 7) is 12.1. The van der Waals surface area contributed by atoms with E-state index in [-0.39, 0.29) is 17.3 Å². The van der Waals surface area contributed by atoms with E-state index in [1.54, 1.807) is 13.0 Å². The second kappa shape index (κ2) is 15.3. The van der Waals surface area contributed by atoms with Crippen LogP contribution >= 0.6 is 11.6 Å². The van der Waals surface area contributed by atoms with Gasteiger partial charge < -0.3 is 19.1 Å². The summed E-state index contributed by atoms with van der Waals surface area (Å²) in [5.74, 6) is 0.483. The van der Waals surface area contributed by atoms with Gasteiger partial charge in [0.15, 0.2) is 0 Å². The van der Waals surface area contributed by atoms with Crippen molar-refractivity contribution in [2.24, 2.45) is 17.8 Å². The number of ether oxygens (including phenoxy) is 3. The Morgan fingerprint density at radius 2 is 1.89 bits per heavy atom. The number of piperazine rings is 1. The topological polar surface area (TPSA) is 101 Å². The van der Waals surface area contributed by atoms with Gasteiger partial charge in [0, 0.05) is 81.6 Å². The first-order chi connectivity index (χ1) is 26.0. The van der Waals surface area contributed by atoms with Crippen molar-refractivity contribution in [3.8, 4) is 5.75 Å². The maximum Gasteiger partial charge on any atom is 0.264 e. The van der Waals surface area contributed by atoms with Crippen molar-refractivity contribution in [3.63, 3.8) is 0 Å². The van der Waals surface area contributed by atoms with Crippen LogP contribution in [0.1, 0.15) is 73.9 Å². The zero-order chi connectivity index (χ0) is 37.7. The van der Waals surface area contributed by atoms with Gasteiger partial charge in [-0.25, -0.2) is 13.1 Å². The molecule has 4 heterocycles. The van der Waals surface area contributed by atoms with E-state index in [1.807, 2.05) is 32.2 Å². The minimum atomic E-state index is -3.96. The Balaban J connectivity index is 1.16. The van der Waals surface area contributed by atoms with Crippen molar-refractivity contribution in [2.45, 2.75) is 81.1 Å². The van der Waals surface area contributed by atoms with Gasteiger partial charge in [-0.3, -0.25) is 14.6 Å². The van der Waals surface area contributed by atoms with Gasteiger partial charge in [-0.1, -0.05) is 36.7 Å². The number of nitrogens with zero attached hydrogens (tertiary/aromatic N) is 3. The number of hydrogen-bond acceptors (Lipinski definition) is 9. The van der Waals surface area contributed by atoms with Crippen LogP contribution in [0.15, 0.2) is 48.6 Å². The predicted octanol–water partition coefficient (Wildman–Crippen LogP) is 5.68. The van der Waals surface area contributed by atoms with E-state index in [1.165, 1.54) is 11.1 Å². The zero-order valence-electron chi connectivity index (χ0n) is 32.1. The molecule has 10 nitrogen and oxygen atoms in total. The van der Waals surface area contributed by atoms with Gasteiger partial charge >= 0.3 is 0 Å². The summed E-state index contributed by atoms with van der Waals surface area (Å²) >= 11 is 6.51. The van der Waals surface area contributed by atoms with Crippen molar-refractivity contribution < 1.29 is 27.4 Å². The summed E-state index contributed by atoms with van der Waals surface area (Å²) in [7, 11) is -2.10. The Morgan fingerprint density at radius 1 is 1.06 bits per heavy atom. The van der Waals surface area contributed by atoms with Gasteiger partial charge in [0.05, 0.1) is 24.2 Å². The highest BCUT2D eigenvalue weighted by Gasteiger charge is 2.50. The summed E-state index contributed by atoms with van der Waals surface area (Å²) in [6, 6.07) is 12.2. The van der Waals surface area contributed by atoms with Crippen LogP contribution in [0.4, 0.5) is 5.69 Å². The quantitative estimate of drug-likeness (QED) is 0.394. The van der Waals surface area contributed by atoms with Crippen LogP contribution in [-0.4, -0.2) is 114 Å². The first-order valence-electron chi connectivity index (χ1n) is 20.1. The number of hydrogen-bond donors (Lipinski definition) is 1. The molecular weight excluding hydrogens is 724 g/mol. The fourth-order valence-electron chi connectivity index (χ4n) is 10.3. The average Bonchev–Trinajstić information content (AvgIpc) is 3.65. The number of amides is 1. The van der Waals surface area contributed by atoms with Gasteiger partial charge in [0.1, 0.15) is 11.4 Å². The second-order valence-electron chi connectivity index (χ2n) is 17.0. The molecule has 0 unspecified atom stereocenters. The summed E-state index contributed by atoms with van der Waals surface area (Å²) < 4.78 is 48.8. The minimum absolute atomic E-state index is 0.219. The third kappa shape index (κ3) is 7.34. The van der Waals surface area contributed by atoms with Crippen molar-refractivity contribution in [1.29, 1.82) is 0 Å². The lowest BCUT2D eigenvalue weighted by Gasteiger charge is -2.52. The van der Waals surface area contributed by atoms with Crippen LogP contribution in [-0.2, 0) is 31.3 Å². The predicted molar refractivity (Wildman–Crippen MR) is 212 cm³/mol. The maximum absolute atomic E-state index is 13.7. The molecular formula is C42H57ClN4O6S. The van der Waals surface area contributed by atoms with Crippen molar-refractivity contribution in [2.75, 3.05) is 77.6 Å². The van der Waals surface area contributed by atoms with Gasteiger partial charge in [0.25, 0.3) is 5.91 Å². The Labute approximate surface area is 326 Å². The van der Waals surface area contributed by atoms with Gasteiger partial charge in [0.2, 0.25) is 10.0 Å². The van der Waals surface area contributed by atoms with Gasteiger partial charge in [-0.2, -0.15) is 0 Å². The molecule has 12 heteroatoms. The van der Waals surface area contributed by atoms with E-state index < -0.39 is 26.8 Å². The number of carbonyl (C=O) groups is 1. The molecule has 2 saturated heterocycles. The molecule has 0 radical (unpaired) electrons. The smallest absolute Gasteiger partial charge is 0.264 e. The number of anilines is 1. The first kappa shape index (κ1) is 38.2. The molecule has 6 aliphatic rings. The van der Waals surface area contributed by atoms with Crippen LogP contribution in [0.25, 0.3) is 0 Å². The standard InChI is InChI=1S/C42H57ClN4O6S/c1-29-6-4-16-42(51-3,27-45-17-19-46(20-18-45)35-14-21-52-25-35)37-11-8-33(37)24-47-26-41(15-5-7-31-22-34(43)10-12-36(31)41)28-53-39-13-9-32(23-38(39)47)40(48)44-54(49,50)30(29)2/h4,9-10,12-13,16,22-23,29-30,33,35,37H,5-8,11,14-15,17-21,24-28H2,1-3H3,(H,44,48)/b16-4+/t29-,30+,33-,35+,37+,41-,42+/m0/s1. The number of benzene rings is 2. The van der Waals surface area contributed by atoms with Gasteiger partial charge in [-0.15, -0.1) is 0 Å². The Bertz CT molecular complexity index is 1850. The molecule has 2 aromatic rings. The molecule has 0 aromatic heterocycles. The number of aryl methyl sites for hydroxylation is 1. The van der Waals surface area contributed by atoms with E-state index in [4.69, 9.17) is 25.8 Å². The lowest BCUT2D eigenvalue weighted by Crippen LogP contribution is -2.59. The molecule has 294 valence electrons. The number of nitrogens with one attached hydrogen (secondary N) is 1. The van der Waals surface area contributed by atoms with Crippen LogP contribution in [0.2, 0.25) is 5.02 Å². The molecule has 2 bridgehead atoms. The molecule has 4 aliphatic heterocycles. The maximum atomic E-state index is 13.7. The molecule has 8 rings (SSSR count). The summed E-state index contributed by atoms with van der Waals surface area (Å²) in [4.78, 5) is 21.3. The number of methoxy groups -OCH3 is 1. The molecule has 2 aromatic carbocycles. The van der Waals surface area contributed by atoms with Crippen molar-refractivity contribution in [1.82, 2.24) is 14.5 Å². The molecule has 7 atom stereocenters. The number of halogens is 1. The Morgan fingerprint density at radius 3 is 2.63 bits per heavy atom. The minimum Gasteiger partial charge on any atom is -0.490 e. The van der Waals surface area contributed by atoms with Gasteiger partial charge in [-0.05, 0) is 111 Å². The number of carbonyl (C=O) groups excluding carboxylic acids is 1. The zero-order valence-corrected chi connectivity index (χ0v) is 33.7. The Hall–Kier alpha value is -2.67. The van der Waals surface area contributed by atoms with Crippen LogP contribution in [0.3, 0.4) is 0 Å². The monoisotopic (exact) mass is 780 g/mol. The first-order valence-corrected chi connectivity index (χ1v) is 22.1. The highest BCUT2D eigenvalue weighted by molar-refractivity contribution is 7.90. The number of allylic oxidation sites excluding steroid dienone is 1. The third-order valence-corrected chi connectivity index (χ3v) is 16.1.